The zero-order valence-electron chi connectivity index (χ0n) is 16.6. The fraction of sp³-hybridized carbons (Fsp3) is 0.409. The van der Waals surface area contributed by atoms with E-state index in [1.54, 1.807) is 0 Å². The van der Waals surface area contributed by atoms with Gasteiger partial charge in [0.15, 0.2) is 0 Å². The molecule has 1 aliphatic heterocycles. The molecule has 0 aromatic heterocycles. The highest BCUT2D eigenvalue weighted by atomic mass is 35.5. The molecule has 1 aliphatic rings. The number of carbonyl (C=O) groups is 1. The summed E-state index contributed by atoms with van der Waals surface area (Å²) in [4.78, 5) is 17.1. The quantitative estimate of drug-likeness (QED) is 0.751. The molecule has 0 aliphatic carbocycles. The first-order chi connectivity index (χ1) is 12.6. The highest BCUT2D eigenvalue weighted by Crippen LogP contribution is 2.27. The van der Waals surface area contributed by atoms with Crippen molar-refractivity contribution >= 4 is 36.4 Å². The van der Waals surface area contributed by atoms with Crippen LogP contribution in [0, 0.1) is 0 Å². The first kappa shape index (κ1) is 24.3. The molecular weight excluding hydrogens is 393 g/mol. The number of hydrogen-bond acceptors (Lipinski definition) is 3. The van der Waals surface area contributed by atoms with E-state index in [0.29, 0.717) is 13.1 Å². The largest absolute Gasteiger partial charge is 0.372 e. The Morgan fingerprint density at radius 1 is 1.04 bits per heavy atom. The van der Waals surface area contributed by atoms with Gasteiger partial charge in [-0.05, 0) is 43.2 Å². The van der Waals surface area contributed by atoms with Crippen LogP contribution in [-0.4, -0.2) is 43.0 Å². The Labute approximate surface area is 180 Å². The Balaban J connectivity index is 0.00000196. The van der Waals surface area contributed by atoms with Crippen LogP contribution in [0.5, 0.6) is 0 Å². The van der Waals surface area contributed by atoms with Crippen molar-refractivity contribution in [3.05, 3.63) is 65.7 Å². The maximum Gasteiger partial charge on any atom is 0.253 e. The van der Waals surface area contributed by atoms with Gasteiger partial charge in [0.1, 0.15) is 0 Å². The molecule has 0 bridgehead atoms. The summed E-state index contributed by atoms with van der Waals surface area (Å²) in [6, 6.07) is 18.2. The summed E-state index contributed by atoms with van der Waals surface area (Å²) in [6.45, 7) is 7.63. The normalized spacial score (nSPS) is 18.2. The van der Waals surface area contributed by atoms with Crippen molar-refractivity contribution in [2.45, 2.75) is 32.2 Å². The third kappa shape index (κ3) is 5.40. The van der Waals surface area contributed by atoms with Gasteiger partial charge >= 0.3 is 0 Å². The van der Waals surface area contributed by atoms with E-state index in [2.05, 4.69) is 43.0 Å². The maximum absolute atomic E-state index is 12.9. The molecule has 1 fully saturated rings. The number of hydrogen-bond donors (Lipinski definition) is 1. The van der Waals surface area contributed by atoms with Crippen molar-refractivity contribution in [2.24, 2.45) is 5.73 Å². The fourth-order valence-electron chi connectivity index (χ4n) is 3.78. The second kappa shape index (κ2) is 11.3. The lowest BCUT2D eigenvalue weighted by atomic mass is 9.95. The molecular formula is C22H31Cl2N3O. The van der Waals surface area contributed by atoms with E-state index < -0.39 is 0 Å². The molecule has 2 atom stereocenters. The van der Waals surface area contributed by atoms with E-state index in [1.807, 2.05) is 35.2 Å². The van der Waals surface area contributed by atoms with Gasteiger partial charge in [0, 0.05) is 49.4 Å². The maximum atomic E-state index is 12.9. The smallest absolute Gasteiger partial charge is 0.253 e. The van der Waals surface area contributed by atoms with Crippen LogP contribution in [0.15, 0.2) is 54.6 Å². The van der Waals surface area contributed by atoms with Gasteiger partial charge < -0.3 is 15.5 Å². The number of nitrogens with two attached hydrogens (primary N) is 1. The van der Waals surface area contributed by atoms with Gasteiger partial charge in [-0.3, -0.25) is 4.79 Å². The van der Waals surface area contributed by atoms with Gasteiger partial charge in [-0.15, -0.1) is 24.8 Å². The molecule has 4 nitrogen and oxygen atoms in total. The van der Waals surface area contributed by atoms with Crippen molar-refractivity contribution in [3.8, 4) is 0 Å². The SMILES string of the molecule is CCCN(CC)c1ccc(C(=O)N2C[C@@H](N)[C@H](c3ccccc3)C2)cc1.Cl.Cl. The summed E-state index contributed by atoms with van der Waals surface area (Å²) in [5.74, 6) is 0.281. The average molecular weight is 424 g/mol. The molecule has 2 aromatic carbocycles. The third-order valence-corrected chi connectivity index (χ3v) is 5.23. The number of benzene rings is 2. The van der Waals surface area contributed by atoms with Gasteiger partial charge in [-0.2, -0.15) is 0 Å². The number of anilines is 1. The zero-order valence-corrected chi connectivity index (χ0v) is 18.2. The van der Waals surface area contributed by atoms with Gasteiger partial charge in [-0.1, -0.05) is 37.3 Å². The Kier molecular flexibility index (Phi) is 9.80. The van der Waals surface area contributed by atoms with Gasteiger partial charge in [-0.25, -0.2) is 0 Å². The van der Waals surface area contributed by atoms with E-state index in [0.717, 1.165) is 25.1 Å². The molecule has 2 aromatic rings. The van der Waals surface area contributed by atoms with Gasteiger partial charge in [0.05, 0.1) is 0 Å². The van der Waals surface area contributed by atoms with Crippen LogP contribution in [0.4, 0.5) is 5.69 Å². The van der Waals surface area contributed by atoms with Crippen molar-refractivity contribution < 1.29 is 4.79 Å². The van der Waals surface area contributed by atoms with Crippen LogP contribution in [0.1, 0.15) is 42.1 Å². The molecule has 28 heavy (non-hydrogen) atoms. The third-order valence-electron chi connectivity index (χ3n) is 5.23. The second-order valence-corrected chi connectivity index (χ2v) is 7.02. The first-order valence-corrected chi connectivity index (χ1v) is 9.58. The van der Waals surface area contributed by atoms with Crippen molar-refractivity contribution in [3.63, 3.8) is 0 Å². The Morgan fingerprint density at radius 3 is 2.25 bits per heavy atom. The highest BCUT2D eigenvalue weighted by Gasteiger charge is 2.34. The van der Waals surface area contributed by atoms with Crippen LogP contribution in [0.25, 0.3) is 0 Å². The molecule has 6 heteroatoms. The van der Waals surface area contributed by atoms with E-state index >= 15 is 0 Å². The van der Waals surface area contributed by atoms with Crippen LogP contribution >= 0.6 is 24.8 Å². The Bertz CT molecular complexity index is 724. The number of nitrogens with zero attached hydrogens (tertiary/aromatic N) is 2. The standard InChI is InChI=1S/C22H29N3O.2ClH/c1-3-14-24(4-2)19-12-10-18(11-13-19)22(26)25-15-20(21(23)16-25)17-8-6-5-7-9-17;;/h5-13,20-21H,3-4,14-16,23H2,1-2H3;2*1H/t20-,21+;;/m0../s1. The Morgan fingerprint density at radius 2 is 1.68 bits per heavy atom. The van der Waals surface area contributed by atoms with E-state index in [9.17, 15) is 4.79 Å². The summed E-state index contributed by atoms with van der Waals surface area (Å²) in [5, 5.41) is 0. The topological polar surface area (TPSA) is 49.6 Å². The van der Waals surface area contributed by atoms with E-state index in [4.69, 9.17) is 5.73 Å². The van der Waals surface area contributed by atoms with E-state index in [1.165, 1.54) is 11.3 Å². The average Bonchev–Trinajstić information content (AvgIpc) is 3.08. The van der Waals surface area contributed by atoms with Crippen LogP contribution < -0.4 is 10.6 Å². The van der Waals surface area contributed by atoms with Crippen LogP contribution in [0.3, 0.4) is 0 Å². The minimum atomic E-state index is -0.0132. The fourth-order valence-corrected chi connectivity index (χ4v) is 3.78. The summed E-state index contributed by atoms with van der Waals surface area (Å²) in [5.41, 5.74) is 9.45. The van der Waals surface area contributed by atoms with Crippen molar-refractivity contribution in [2.75, 3.05) is 31.1 Å². The predicted octanol–water partition coefficient (Wildman–Crippen LogP) is 4.33. The summed E-state index contributed by atoms with van der Waals surface area (Å²) < 4.78 is 0. The molecule has 3 rings (SSSR count). The Hall–Kier alpha value is -1.75. The predicted molar refractivity (Wildman–Crippen MR) is 122 cm³/mol. The zero-order chi connectivity index (χ0) is 18.5. The molecule has 0 spiro atoms. The molecule has 0 radical (unpaired) electrons. The molecule has 1 saturated heterocycles. The molecule has 0 unspecified atom stereocenters. The van der Waals surface area contributed by atoms with Gasteiger partial charge in [0.25, 0.3) is 5.91 Å². The van der Waals surface area contributed by atoms with Crippen molar-refractivity contribution in [1.29, 1.82) is 0 Å². The highest BCUT2D eigenvalue weighted by molar-refractivity contribution is 5.95. The number of carbonyl (C=O) groups excluding carboxylic acids is 1. The minimum Gasteiger partial charge on any atom is -0.372 e. The summed E-state index contributed by atoms with van der Waals surface area (Å²) >= 11 is 0. The monoisotopic (exact) mass is 423 g/mol. The van der Waals surface area contributed by atoms with Crippen LogP contribution in [0.2, 0.25) is 0 Å². The lowest BCUT2D eigenvalue weighted by Gasteiger charge is -2.23. The number of likely N-dealkylation sites (tertiary alicyclic amines) is 1. The van der Waals surface area contributed by atoms with Crippen LogP contribution in [-0.2, 0) is 0 Å². The lowest BCUT2D eigenvalue weighted by Crippen LogP contribution is -2.32. The molecule has 154 valence electrons. The number of halogens is 2. The molecule has 0 saturated carbocycles. The molecule has 1 amide bonds. The van der Waals surface area contributed by atoms with E-state index in [-0.39, 0.29) is 42.7 Å². The van der Waals surface area contributed by atoms with Gasteiger partial charge in [0.2, 0.25) is 0 Å². The summed E-state index contributed by atoms with van der Waals surface area (Å²) in [7, 11) is 0. The lowest BCUT2D eigenvalue weighted by molar-refractivity contribution is 0.0789. The van der Waals surface area contributed by atoms with Crippen molar-refractivity contribution in [1.82, 2.24) is 4.90 Å². The summed E-state index contributed by atoms with van der Waals surface area (Å²) in [6.07, 6.45) is 1.11. The first-order valence-electron chi connectivity index (χ1n) is 9.58. The molecule has 2 N–H and O–H groups in total. The molecule has 1 heterocycles. The number of amides is 1. The minimum absolute atomic E-state index is 0. The number of rotatable bonds is 6. The second-order valence-electron chi connectivity index (χ2n) is 7.02.